The molecule has 3 aromatic rings. The maximum absolute atomic E-state index is 12.9. The first kappa shape index (κ1) is 26.3. The first-order valence-corrected chi connectivity index (χ1v) is 11.1. The van der Waals surface area contributed by atoms with Gasteiger partial charge < -0.3 is 15.2 Å². The molecule has 6 nitrogen and oxygen atoms in total. The van der Waals surface area contributed by atoms with Gasteiger partial charge in [-0.3, -0.25) is 4.68 Å². The van der Waals surface area contributed by atoms with Gasteiger partial charge in [0.1, 0.15) is 5.75 Å². The number of hydrogen-bond donors (Lipinski definition) is 2. The highest BCUT2D eigenvalue weighted by molar-refractivity contribution is 5.76. The maximum atomic E-state index is 12.9. The Hall–Kier alpha value is -3.33. The highest BCUT2D eigenvalue weighted by atomic mass is 19.4. The van der Waals surface area contributed by atoms with Crippen molar-refractivity contribution in [3.63, 3.8) is 0 Å². The quantitative estimate of drug-likeness (QED) is 0.439. The largest absolute Gasteiger partial charge is 0.478 e. The molecule has 1 unspecified atom stereocenters. The zero-order chi connectivity index (χ0) is 26.1. The Labute approximate surface area is 202 Å². The number of benzene rings is 2. The number of carbonyl (C=O) groups is 1. The summed E-state index contributed by atoms with van der Waals surface area (Å²) in [6.07, 6.45) is -3.79. The fourth-order valence-corrected chi connectivity index (χ4v) is 3.94. The second kappa shape index (κ2) is 9.73. The summed E-state index contributed by atoms with van der Waals surface area (Å²) in [5.41, 5.74) is 2.86. The molecule has 188 valence electrons. The van der Waals surface area contributed by atoms with Gasteiger partial charge in [0.05, 0.1) is 11.3 Å². The second-order valence-corrected chi connectivity index (χ2v) is 9.11. The molecule has 2 aromatic carbocycles. The summed E-state index contributed by atoms with van der Waals surface area (Å²) in [7, 11) is 3.67. The molecule has 2 N–H and O–H groups in total. The van der Waals surface area contributed by atoms with E-state index in [1.165, 1.54) is 26.0 Å². The van der Waals surface area contributed by atoms with Gasteiger partial charge in [-0.1, -0.05) is 24.3 Å². The Morgan fingerprint density at radius 2 is 1.77 bits per heavy atom. The van der Waals surface area contributed by atoms with Gasteiger partial charge in [-0.2, -0.15) is 18.3 Å². The highest BCUT2D eigenvalue weighted by Gasteiger charge is 2.31. The lowest BCUT2D eigenvalue weighted by Crippen LogP contribution is -2.38. The summed E-state index contributed by atoms with van der Waals surface area (Å²) < 4.78 is 46.2. The summed E-state index contributed by atoms with van der Waals surface area (Å²) in [4.78, 5) is 11.4. The van der Waals surface area contributed by atoms with Crippen molar-refractivity contribution in [1.82, 2.24) is 15.1 Å². The van der Waals surface area contributed by atoms with Crippen molar-refractivity contribution >= 4 is 5.97 Å². The Kier molecular flexibility index (Phi) is 7.31. The molecule has 0 fully saturated rings. The van der Waals surface area contributed by atoms with Crippen LogP contribution in [0.4, 0.5) is 13.2 Å². The predicted molar refractivity (Wildman–Crippen MR) is 127 cm³/mol. The van der Waals surface area contributed by atoms with Gasteiger partial charge >= 0.3 is 12.1 Å². The van der Waals surface area contributed by atoms with Crippen molar-refractivity contribution in [2.75, 3.05) is 7.05 Å². The van der Waals surface area contributed by atoms with Crippen LogP contribution in [0.5, 0.6) is 5.75 Å². The maximum Gasteiger partial charge on any atom is 0.416 e. The van der Waals surface area contributed by atoms with Crippen molar-refractivity contribution in [3.05, 3.63) is 70.4 Å². The monoisotopic (exact) mass is 489 g/mol. The third-order valence-corrected chi connectivity index (χ3v) is 6.14. The smallest absolute Gasteiger partial charge is 0.416 e. The average Bonchev–Trinajstić information content (AvgIpc) is 3.06. The molecule has 35 heavy (non-hydrogen) atoms. The van der Waals surface area contributed by atoms with Crippen LogP contribution in [0.25, 0.3) is 11.3 Å². The molecular weight excluding hydrogens is 459 g/mol. The van der Waals surface area contributed by atoms with Gasteiger partial charge in [0.25, 0.3) is 0 Å². The molecular formula is C26H30F3N3O3. The van der Waals surface area contributed by atoms with Crippen molar-refractivity contribution in [3.8, 4) is 17.0 Å². The summed E-state index contributed by atoms with van der Waals surface area (Å²) >= 11 is 0. The van der Waals surface area contributed by atoms with E-state index in [4.69, 9.17) is 4.74 Å². The number of nitrogens with one attached hydrogen (secondary N) is 1. The minimum atomic E-state index is -4.38. The molecule has 0 spiro atoms. The van der Waals surface area contributed by atoms with Crippen LogP contribution in [0.1, 0.15) is 47.8 Å². The van der Waals surface area contributed by atoms with Gasteiger partial charge in [0.15, 0.2) is 5.60 Å². The lowest BCUT2D eigenvalue weighted by Gasteiger charge is -2.24. The van der Waals surface area contributed by atoms with E-state index in [1.54, 1.807) is 10.7 Å². The Balaban J connectivity index is 1.86. The molecule has 1 atom stereocenters. The van der Waals surface area contributed by atoms with Gasteiger partial charge in [-0.05, 0) is 69.6 Å². The predicted octanol–water partition coefficient (Wildman–Crippen LogP) is 5.47. The Bertz CT molecular complexity index is 1220. The summed E-state index contributed by atoms with van der Waals surface area (Å²) in [5.74, 6) is -0.554. The van der Waals surface area contributed by atoms with Crippen LogP contribution in [-0.4, -0.2) is 33.5 Å². The van der Waals surface area contributed by atoms with Crippen LogP contribution in [-0.2, 0) is 24.4 Å². The summed E-state index contributed by atoms with van der Waals surface area (Å²) in [6.45, 7) is 6.77. The first-order chi connectivity index (χ1) is 16.2. The minimum Gasteiger partial charge on any atom is -0.478 e. The molecule has 0 radical (unpaired) electrons. The van der Waals surface area contributed by atoms with Crippen molar-refractivity contribution in [1.29, 1.82) is 0 Å². The number of aryl methyl sites for hydroxylation is 2. The van der Waals surface area contributed by atoms with Crippen LogP contribution in [0.2, 0.25) is 0 Å². The molecule has 1 heterocycles. The van der Waals surface area contributed by atoms with E-state index < -0.39 is 23.3 Å². The van der Waals surface area contributed by atoms with E-state index in [1.807, 2.05) is 40.1 Å². The van der Waals surface area contributed by atoms with E-state index in [9.17, 15) is 23.1 Å². The standard InChI is InChI=1S/C26H30F3N3O3/c1-15-13-18(9-12-22(15)35-25(3,4)24(33)34)20(30-5)14-21-16(2)23(31-32(21)6)17-7-10-19(11-8-17)26(27,28)29/h7-13,20,30H,14H2,1-6H3,(H,33,34). The molecule has 9 heteroatoms. The average molecular weight is 490 g/mol. The van der Waals surface area contributed by atoms with Crippen LogP contribution >= 0.6 is 0 Å². The van der Waals surface area contributed by atoms with Crippen molar-refractivity contribution in [2.45, 2.75) is 51.9 Å². The van der Waals surface area contributed by atoms with Crippen LogP contribution < -0.4 is 10.1 Å². The fraction of sp³-hybridized carbons (Fsp3) is 0.385. The SMILES string of the molecule is CNC(Cc1c(C)c(-c2ccc(C(F)(F)F)cc2)nn1C)c1ccc(OC(C)(C)C(=O)O)c(C)c1. The first-order valence-electron chi connectivity index (χ1n) is 11.1. The van der Waals surface area contributed by atoms with Crippen LogP contribution in [0.3, 0.4) is 0 Å². The van der Waals surface area contributed by atoms with Crippen molar-refractivity contribution < 1.29 is 27.8 Å². The normalized spacial score (nSPS) is 13.1. The summed E-state index contributed by atoms with van der Waals surface area (Å²) in [5, 5.41) is 17.2. The van der Waals surface area contributed by atoms with Crippen LogP contribution in [0, 0.1) is 13.8 Å². The number of hydrogen-bond acceptors (Lipinski definition) is 4. The molecule has 0 aliphatic carbocycles. The third kappa shape index (κ3) is 5.67. The topological polar surface area (TPSA) is 76.4 Å². The molecule has 0 saturated heterocycles. The van der Waals surface area contributed by atoms with E-state index >= 15 is 0 Å². The van der Waals surface area contributed by atoms with Crippen LogP contribution in [0.15, 0.2) is 42.5 Å². The minimum absolute atomic E-state index is 0.0789. The highest BCUT2D eigenvalue weighted by Crippen LogP contribution is 2.33. The van der Waals surface area contributed by atoms with Gasteiger partial charge in [-0.15, -0.1) is 0 Å². The third-order valence-electron chi connectivity index (χ3n) is 6.14. The number of halogens is 3. The van der Waals surface area contributed by atoms with E-state index in [-0.39, 0.29) is 6.04 Å². The Morgan fingerprint density at radius 1 is 1.14 bits per heavy atom. The number of rotatable bonds is 8. The second-order valence-electron chi connectivity index (χ2n) is 9.11. The number of carboxylic acids is 1. The van der Waals surface area contributed by atoms with E-state index in [2.05, 4.69) is 10.4 Å². The number of carboxylic acid groups (broad SMARTS) is 1. The molecule has 3 rings (SSSR count). The number of nitrogens with zero attached hydrogens (tertiary/aromatic N) is 2. The lowest BCUT2D eigenvalue weighted by atomic mass is 9.97. The number of ether oxygens (including phenoxy) is 1. The number of aliphatic carboxylic acids is 1. The number of aromatic nitrogens is 2. The van der Waals surface area contributed by atoms with Gasteiger partial charge in [0.2, 0.25) is 0 Å². The van der Waals surface area contributed by atoms with Crippen molar-refractivity contribution in [2.24, 2.45) is 7.05 Å². The molecule has 0 bridgehead atoms. The number of likely N-dealkylation sites (N-methyl/N-ethyl adjacent to an activating group) is 1. The van der Waals surface area contributed by atoms with Gasteiger partial charge in [0, 0.05) is 30.8 Å². The molecule has 0 amide bonds. The zero-order valence-electron chi connectivity index (χ0n) is 20.6. The van der Waals surface area contributed by atoms with E-state index in [0.717, 1.165) is 34.5 Å². The number of alkyl halides is 3. The Morgan fingerprint density at radius 3 is 2.29 bits per heavy atom. The molecule has 1 aromatic heterocycles. The summed E-state index contributed by atoms with van der Waals surface area (Å²) in [6, 6.07) is 10.6. The molecule has 0 aliphatic rings. The fourth-order valence-electron chi connectivity index (χ4n) is 3.94. The van der Waals surface area contributed by atoms with E-state index in [0.29, 0.717) is 23.4 Å². The lowest BCUT2D eigenvalue weighted by molar-refractivity contribution is -0.152. The van der Waals surface area contributed by atoms with Gasteiger partial charge in [-0.25, -0.2) is 4.79 Å². The zero-order valence-corrected chi connectivity index (χ0v) is 20.6. The molecule has 0 aliphatic heterocycles. The molecule has 0 saturated carbocycles.